The van der Waals surface area contributed by atoms with Gasteiger partial charge in [-0.15, -0.1) is 0 Å². The third-order valence-electron chi connectivity index (χ3n) is 7.46. The van der Waals surface area contributed by atoms with Crippen LogP contribution in [0.5, 0.6) is 0 Å². The van der Waals surface area contributed by atoms with Gasteiger partial charge in [-0.25, -0.2) is 4.79 Å². The molecule has 1 unspecified atom stereocenters. The second-order valence-corrected chi connectivity index (χ2v) is 11.9. The van der Waals surface area contributed by atoms with E-state index in [2.05, 4.69) is 4.98 Å². The maximum atomic E-state index is 13.7. The van der Waals surface area contributed by atoms with Crippen LogP contribution < -0.4 is 4.90 Å². The summed E-state index contributed by atoms with van der Waals surface area (Å²) >= 11 is 0. The number of ether oxygens (including phenoxy) is 1. The van der Waals surface area contributed by atoms with Crippen molar-refractivity contribution in [1.29, 1.82) is 0 Å². The number of anilines is 2. The van der Waals surface area contributed by atoms with Crippen molar-refractivity contribution in [2.45, 2.75) is 64.4 Å². The number of carbonyl (C=O) groups excluding carboxylic acids is 2. The largest absolute Gasteiger partial charge is 0.444 e. The highest BCUT2D eigenvalue weighted by Gasteiger charge is 2.31. The van der Waals surface area contributed by atoms with E-state index in [1.54, 1.807) is 22.2 Å². The van der Waals surface area contributed by atoms with Crippen LogP contribution in [0.25, 0.3) is 6.08 Å². The molecule has 0 bridgehead atoms. The van der Waals surface area contributed by atoms with Crippen LogP contribution in [0.2, 0.25) is 0 Å². The summed E-state index contributed by atoms with van der Waals surface area (Å²) in [6, 6.07) is 16.3. The van der Waals surface area contributed by atoms with Crippen LogP contribution in [0, 0.1) is 0 Å². The van der Waals surface area contributed by atoms with Crippen LogP contribution in [0.4, 0.5) is 29.3 Å². The maximum absolute atomic E-state index is 13.7. The Morgan fingerprint density at radius 2 is 1.57 bits per heavy atom. The monoisotopic (exact) mass is 608 g/mol. The van der Waals surface area contributed by atoms with Crippen molar-refractivity contribution >= 4 is 29.5 Å². The minimum Gasteiger partial charge on any atom is -0.444 e. The number of rotatable bonds is 7. The summed E-state index contributed by atoms with van der Waals surface area (Å²) in [6.45, 7) is 6.80. The summed E-state index contributed by atoms with van der Waals surface area (Å²) in [4.78, 5) is 36.0. The predicted octanol–water partition coefficient (Wildman–Crippen LogP) is 7.70. The molecule has 44 heavy (non-hydrogen) atoms. The number of benzene rings is 2. The Morgan fingerprint density at radius 1 is 0.932 bits per heavy atom. The molecule has 0 saturated carbocycles. The molecule has 2 heterocycles. The smallest absolute Gasteiger partial charge is 0.416 e. The molecule has 2 aromatic carbocycles. The molecule has 1 aliphatic heterocycles. The van der Waals surface area contributed by atoms with Crippen molar-refractivity contribution in [3.63, 3.8) is 0 Å². The van der Waals surface area contributed by atoms with E-state index in [1.165, 1.54) is 24.3 Å². The molecule has 1 fully saturated rings. The number of amides is 2. The number of halogens is 3. The first-order chi connectivity index (χ1) is 20.8. The van der Waals surface area contributed by atoms with Crippen LogP contribution in [-0.4, -0.2) is 58.6 Å². The van der Waals surface area contributed by atoms with E-state index < -0.39 is 17.3 Å². The molecule has 3 aromatic rings. The second kappa shape index (κ2) is 14.0. The van der Waals surface area contributed by atoms with Gasteiger partial charge in [-0.3, -0.25) is 9.78 Å². The van der Waals surface area contributed by atoms with Gasteiger partial charge in [-0.2, -0.15) is 13.2 Å². The number of aromatic nitrogens is 1. The van der Waals surface area contributed by atoms with Gasteiger partial charge in [-0.1, -0.05) is 24.3 Å². The molecular formula is C34H39F3N4O3. The van der Waals surface area contributed by atoms with Crippen LogP contribution in [-0.2, 0) is 22.3 Å². The van der Waals surface area contributed by atoms with E-state index >= 15 is 0 Å². The SMILES string of the molecule is CN(c1ccncc1)c1ccc(CN(C(=O)/C=C/c2ccc(C(F)(F)F)cc2)C2CCCN(C(=O)OC(C)(C)C)CC2)cc1. The van der Waals surface area contributed by atoms with Gasteiger partial charge in [-0.05, 0) is 93.6 Å². The zero-order valence-electron chi connectivity index (χ0n) is 25.6. The lowest BCUT2D eigenvalue weighted by molar-refractivity contribution is -0.137. The van der Waals surface area contributed by atoms with Gasteiger partial charge in [0.15, 0.2) is 0 Å². The fourth-order valence-electron chi connectivity index (χ4n) is 5.07. The number of alkyl halides is 3. The zero-order valence-corrected chi connectivity index (χ0v) is 25.6. The predicted molar refractivity (Wildman–Crippen MR) is 165 cm³/mol. The number of hydrogen-bond donors (Lipinski definition) is 0. The van der Waals surface area contributed by atoms with Gasteiger partial charge in [0.2, 0.25) is 5.91 Å². The third kappa shape index (κ3) is 9.08. The minimum atomic E-state index is -4.43. The molecule has 0 radical (unpaired) electrons. The number of likely N-dealkylation sites (tertiary alicyclic amines) is 1. The topological polar surface area (TPSA) is 66.0 Å². The lowest BCUT2D eigenvalue weighted by atomic mass is 10.0. The number of pyridine rings is 1. The lowest BCUT2D eigenvalue weighted by Gasteiger charge is -2.31. The summed E-state index contributed by atoms with van der Waals surface area (Å²) in [5.74, 6) is -0.251. The number of hydrogen-bond acceptors (Lipinski definition) is 5. The van der Waals surface area contributed by atoms with Crippen LogP contribution in [0.15, 0.2) is 79.1 Å². The molecular weight excluding hydrogens is 569 g/mol. The Labute approximate surface area is 256 Å². The summed E-state index contributed by atoms with van der Waals surface area (Å²) in [6.07, 6.45) is 3.58. The van der Waals surface area contributed by atoms with E-state index in [1.807, 2.05) is 69.1 Å². The highest BCUT2D eigenvalue weighted by atomic mass is 19.4. The molecule has 1 atom stereocenters. The van der Waals surface area contributed by atoms with Crippen molar-refractivity contribution in [3.8, 4) is 0 Å². The van der Waals surface area contributed by atoms with Gasteiger partial charge < -0.3 is 19.4 Å². The summed E-state index contributed by atoms with van der Waals surface area (Å²) in [5.41, 5.74) is 2.04. The third-order valence-corrected chi connectivity index (χ3v) is 7.46. The van der Waals surface area contributed by atoms with Crippen molar-refractivity contribution in [2.75, 3.05) is 25.0 Å². The Kier molecular flexibility index (Phi) is 10.3. The van der Waals surface area contributed by atoms with E-state index in [-0.39, 0.29) is 18.0 Å². The highest BCUT2D eigenvalue weighted by Crippen LogP contribution is 2.29. The molecule has 7 nitrogen and oxygen atoms in total. The average Bonchev–Trinajstić information content (AvgIpc) is 3.24. The minimum absolute atomic E-state index is 0.147. The van der Waals surface area contributed by atoms with Crippen molar-refractivity contribution in [3.05, 3.63) is 95.8 Å². The first-order valence-electron chi connectivity index (χ1n) is 14.7. The Balaban J connectivity index is 1.52. The Morgan fingerprint density at radius 3 is 2.18 bits per heavy atom. The first-order valence-corrected chi connectivity index (χ1v) is 14.7. The van der Waals surface area contributed by atoms with Crippen LogP contribution in [0.1, 0.15) is 56.7 Å². The molecule has 1 aromatic heterocycles. The molecule has 2 amide bonds. The van der Waals surface area contributed by atoms with Crippen LogP contribution in [0.3, 0.4) is 0 Å². The van der Waals surface area contributed by atoms with E-state index in [0.717, 1.165) is 29.1 Å². The summed E-state index contributed by atoms with van der Waals surface area (Å²) in [5, 5.41) is 0. The van der Waals surface area contributed by atoms with Crippen molar-refractivity contribution < 1.29 is 27.5 Å². The van der Waals surface area contributed by atoms with E-state index in [9.17, 15) is 22.8 Å². The summed E-state index contributed by atoms with van der Waals surface area (Å²) < 4.78 is 44.5. The van der Waals surface area contributed by atoms with Gasteiger partial charge in [0.05, 0.1) is 5.56 Å². The van der Waals surface area contributed by atoms with Crippen molar-refractivity contribution in [1.82, 2.24) is 14.8 Å². The molecule has 4 rings (SSSR count). The highest BCUT2D eigenvalue weighted by molar-refractivity contribution is 5.92. The van der Waals surface area contributed by atoms with Gasteiger partial charge in [0.1, 0.15) is 5.60 Å². The lowest BCUT2D eigenvalue weighted by Crippen LogP contribution is -2.41. The van der Waals surface area contributed by atoms with E-state index in [4.69, 9.17) is 4.74 Å². The molecule has 0 N–H and O–H groups in total. The quantitative estimate of drug-likeness (QED) is 0.257. The molecule has 0 aliphatic carbocycles. The zero-order chi connectivity index (χ0) is 31.9. The normalized spacial score (nSPS) is 16.0. The average molecular weight is 609 g/mol. The van der Waals surface area contributed by atoms with Crippen molar-refractivity contribution in [2.24, 2.45) is 0 Å². The number of nitrogens with zero attached hydrogens (tertiary/aromatic N) is 4. The molecule has 10 heteroatoms. The standard InChI is InChI=1S/C34H39F3N4O3/c1-33(2,3)44-32(43)40-22-5-6-30(19-23-40)41(31(42)16-11-25-7-12-27(13-8-25)34(35,36)37)24-26-9-14-28(15-10-26)39(4)29-17-20-38-21-18-29/h7-18,20-21,30H,5-6,19,22-24H2,1-4H3/b16-11+. The Bertz CT molecular complexity index is 1420. The molecule has 0 spiro atoms. The van der Waals surface area contributed by atoms with E-state index in [0.29, 0.717) is 44.5 Å². The van der Waals surface area contributed by atoms with Gasteiger partial charge >= 0.3 is 12.3 Å². The maximum Gasteiger partial charge on any atom is 0.416 e. The molecule has 1 saturated heterocycles. The van der Waals surface area contributed by atoms with Gasteiger partial charge in [0, 0.05) is 62.6 Å². The molecule has 234 valence electrons. The van der Waals surface area contributed by atoms with Gasteiger partial charge in [0.25, 0.3) is 0 Å². The second-order valence-electron chi connectivity index (χ2n) is 11.9. The van der Waals surface area contributed by atoms with Crippen LogP contribution >= 0.6 is 0 Å². The fraction of sp³-hybridized carbons (Fsp3) is 0.382. The number of carbonyl (C=O) groups is 2. The first kappa shape index (κ1) is 32.6. The molecule has 1 aliphatic rings. The Hall–Kier alpha value is -4.34. The summed E-state index contributed by atoms with van der Waals surface area (Å²) in [7, 11) is 1.97. The fourth-order valence-corrected chi connectivity index (χ4v) is 5.07.